The van der Waals surface area contributed by atoms with Crippen molar-refractivity contribution in [3.63, 3.8) is 0 Å². The molecule has 3 nitrogen and oxygen atoms in total. The van der Waals surface area contributed by atoms with Crippen LogP contribution in [0.4, 0.5) is 5.82 Å². The molecule has 1 N–H and O–H groups in total. The van der Waals surface area contributed by atoms with Gasteiger partial charge in [-0.2, -0.15) is 0 Å². The van der Waals surface area contributed by atoms with Gasteiger partial charge >= 0.3 is 0 Å². The normalized spacial score (nSPS) is 11.5. The van der Waals surface area contributed by atoms with Gasteiger partial charge in [0.2, 0.25) is 0 Å². The van der Waals surface area contributed by atoms with Crippen LogP contribution in [-0.4, -0.2) is 17.0 Å². The van der Waals surface area contributed by atoms with Crippen molar-refractivity contribution in [2.45, 2.75) is 26.2 Å². The maximum Gasteiger partial charge on any atom is 0.136 e. The number of hydrogen-bond donors (Lipinski definition) is 1. The summed E-state index contributed by atoms with van der Waals surface area (Å²) in [6.07, 6.45) is 0. The highest BCUT2D eigenvalue weighted by Gasteiger charge is 2.19. The number of anilines is 1. The summed E-state index contributed by atoms with van der Waals surface area (Å²) in [5, 5.41) is 5.16. The lowest BCUT2D eigenvalue weighted by atomic mass is 9.95. The molecule has 2 heterocycles. The summed E-state index contributed by atoms with van der Waals surface area (Å²) in [5.41, 5.74) is 0.947. The van der Waals surface area contributed by atoms with E-state index in [1.807, 2.05) is 19.2 Å². The van der Waals surface area contributed by atoms with E-state index in [0.717, 1.165) is 17.3 Å². The van der Waals surface area contributed by atoms with Gasteiger partial charge in [0.1, 0.15) is 11.6 Å². The third-order valence-electron chi connectivity index (χ3n) is 2.43. The van der Waals surface area contributed by atoms with Crippen molar-refractivity contribution >= 4 is 17.2 Å². The van der Waals surface area contributed by atoms with Crippen molar-refractivity contribution in [3.8, 4) is 10.6 Å². The lowest BCUT2D eigenvalue weighted by Crippen LogP contribution is -2.17. The molecule has 0 radical (unpaired) electrons. The molecular formula is C13H17N3S. The third-order valence-corrected chi connectivity index (χ3v) is 3.32. The number of nitrogens with one attached hydrogen (secondary N) is 1. The zero-order valence-electron chi connectivity index (χ0n) is 10.6. The van der Waals surface area contributed by atoms with Crippen molar-refractivity contribution in [1.82, 2.24) is 9.97 Å². The molecule has 0 fully saturated rings. The van der Waals surface area contributed by atoms with Gasteiger partial charge in [-0.15, -0.1) is 11.3 Å². The van der Waals surface area contributed by atoms with Crippen LogP contribution < -0.4 is 5.32 Å². The Hall–Kier alpha value is -1.42. The maximum absolute atomic E-state index is 4.65. The molecule has 0 aliphatic heterocycles. The van der Waals surface area contributed by atoms with Crippen LogP contribution in [0.5, 0.6) is 0 Å². The molecule has 0 saturated heterocycles. The van der Waals surface area contributed by atoms with Crippen molar-refractivity contribution in [3.05, 3.63) is 29.4 Å². The summed E-state index contributed by atoms with van der Waals surface area (Å²) >= 11 is 1.70. The first-order valence-corrected chi connectivity index (χ1v) is 6.50. The number of hydrogen-bond acceptors (Lipinski definition) is 4. The highest BCUT2D eigenvalue weighted by Crippen LogP contribution is 2.27. The van der Waals surface area contributed by atoms with Crippen LogP contribution in [0.15, 0.2) is 23.6 Å². The maximum atomic E-state index is 4.65. The molecule has 0 saturated carbocycles. The first-order chi connectivity index (χ1) is 8.00. The Kier molecular flexibility index (Phi) is 3.15. The number of aromatic nitrogens is 2. The number of nitrogens with zero attached hydrogens (tertiary/aromatic N) is 2. The zero-order valence-corrected chi connectivity index (χ0v) is 11.4. The third kappa shape index (κ3) is 2.64. The standard InChI is InChI=1S/C13H17N3S/c1-13(2,3)12-15-9(8-11(14-4)16-12)10-6-5-7-17-10/h5-8H,1-4H3,(H,14,15,16). The summed E-state index contributed by atoms with van der Waals surface area (Å²) in [5.74, 6) is 1.74. The minimum Gasteiger partial charge on any atom is -0.373 e. The second-order valence-electron chi connectivity index (χ2n) is 4.94. The Bertz CT molecular complexity index is 498. The van der Waals surface area contributed by atoms with E-state index in [1.165, 1.54) is 4.88 Å². The first kappa shape index (κ1) is 12.0. The second kappa shape index (κ2) is 4.45. The first-order valence-electron chi connectivity index (χ1n) is 5.62. The molecule has 0 aliphatic rings. The molecule has 0 spiro atoms. The largest absolute Gasteiger partial charge is 0.373 e. The van der Waals surface area contributed by atoms with Gasteiger partial charge in [-0.1, -0.05) is 26.8 Å². The molecule has 90 valence electrons. The molecular weight excluding hydrogens is 230 g/mol. The van der Waals surface area contributed by atoms with E-state index in [0.29, 0.717) is 0 Å². The molecule has 0 aromatic carbocycles. The molecule has 2 rings (SSSR count). The van der Waals surface area contributed by atoms with E-state index in [4.69, 9.17) is 0 Å². The fraction of sp³-hybridized carbons (Fsp3) is 0.385. The van der Waals surface area contributed by atoms with Gasteiger partial charge in [-0.25, -0.2) is 9.97 Å². The predicted octanol–water partition coefficient (Wildman–Crippen LogP) is 3.54. The molecule has 0 amide bonds. The van der Waals surface area contributed by atoms with E-state index in [-0.39, 0.29) is 5.41 Å². The smallest absolute Gasteiger partial charge is 0.136 e. The Balaban J connectivity index is 2.54. The average molecular weight is 247 g/mol. The Morgan fingerprint density at radius 2 is 2.00 bits per heavy atom. The highest BCUT2D eigenvalue weighted by atomic mass is 32.1. The van der Waals surface area contributed by atoms with Gasteiger partial charge in [0.05, 0.1) is 10.6 Å². The molecule has 4 heteroatoms. The molecule has 0 aliphatic carbocycles. The lowest BCUT2D eigenvalue weighted by molar-refractivity contribution is 0.547. The fourth-order valence-corrected chi connectivity index (χ4v) is 2.15. The van der Waals surface area contributed by atoms with Crippen LogP contribution >= 0.6 is 11.3 Å². The molecule has 0 atom stereocenters. The SMILES string of the molecule is CNc1cc(-c2cccs2)nc(C(C)(C)C)n1. The van der Waals surface area contributed by atoms with E-state index < -0.39 is 0 Å². The van der Waals surface area contributed by atoms with Crippen molar-refractivity contribution < 1.29 is 0 Å². The average Bonchev–Trinajstić information content (AvgIpc) is 2.80. The Morgan fingerprint density at radius 1 is 1.24 bits per heavy atom. The van der Waals surface area contributed by atoms with Crippen LogP contribution in [-0.2, 0) is 5.41 Å². The molecule has 2 aromatic rings. The number of thiophene rings is 1. The van der Waals surface area contributed by atoms with Gasteiger partial charge in [-0.05, 0) is 11.4 Å². The second-order valence-corrected chi connectivity index (χ2v) is 5.89. The van der Waals surface area contributed by atoms with Gasteiger partial charge in [0.15, 0.2) is 0 Å². The summed E-state index contributed by atoms with van der Waals surface area (Å²) in [6.45, 7) is 6.37. The summed E-state index contributed by atoms with van der Waals surface area (Å²) < 4.78 is 0. The molecule has 0 bridgehead atoms. The fourth-order valence-electron chi connectivity index (χ4n) is 1.46. The summed E-state index contributed by atoms with van der Waals surface area (Å²) in [7, 11) is 1.88. The topological polar surface area (TPSA) is 37.8 Å². The summed E-state index contributed by atoms with van der Waals surface area (Å²) in [6, 6.07) is 6.11. The van der Waals surface area contributed by atoms with E-state index in [2.05, 4.69) is 47.5 Å². The minimum absolute atomic E-state index is 0.0428. The van der Waals surface area contributed by atoms with E-state index in [9.17, 15) is 0 Å². The van der Waals surface area contributed by atoms with Crippen LogP contribution in [0, 0.1) is 0 Å². The quantitative estimate of drug-likeness (QED) is 0.882. The highest BCUT2D eigenvalue weighted by molar-refractivity contribution is 7.13. The summed E-state index contributed by atoms with van der Waals surface area (Å²) in [4.78, 5) is 10.3. The van der Waals surface area contributed by atoms with Crippen LogP contribution in [0.3, 0.4) is 0 Å². The Labute approximate surface area is 106 Å². The predicted molar refractivity (Wildman–Crippen MR) is 73.6 cm³/mol. The van der Waals surface area contributed by atoms with Gasteiger partial charge in [0, 0.05) is 18.5 Å². The number of rotatable bonds is 2. The van der Waals surface area contributed by atoms with Crippen molar-refractivity contribution in [1.29, 1.82) is 0 Å². The van der Waals surface area contributed by atoms with E-state index >= 15 is 0 Å². The molecule has 17 heavy (non-hydrogen) atoms. The van der Waals surface area contributed by atoms with Gasteiger partial charge in [-0.3, -0.25) is 0 Å². The van der Waals surface area contributed by atoms with E-state index in [1.54, 1.807) is 11.3 Å². The zero-order chi connectivity index (χ0) is 12.5. The van der Waals surface area contributed by atoms with Gasteiger partial charge < -0.3 is 5.32 Å². The van der Waals surface area contributed by atoms with Crippen LogP contribution in [0.2, 0.25) is 0 Å². The van der Waals surface area contributed by atoms with Gasteiger partial charge in [0.25, 0.3) is 0 Å². The molecule has 0 unspecified atom stereocenters. The molecule has 2 aromatic heterocycles. The minimum atomic E-state index is -0.0428. The van der Waals surface area contributed by atoms with Crippen molar-refractivity contribution in [2.75, 3.05) is 12.4 Å². The van der Waals surface area contributed by atoms with Crippen LogP contribution in [0.1, 0.15) is 26.6 Å². The monoisotopic (exact) mass is 247 g/mol. The lowest BCUT2D eigenvalue weighted by Gasteiger charge is -2.18. The van der Waals surface area contributed by atoms with Crippen molar-refractivity contribution in [2.24, 2.45) is 0 Å². The Morgan fingerprint density at radius 3 is 2.53 bits per heavy atom. The van der Waals surface area contributed by atoms with Crippen LogP contribution in [0.25, 0.3) is 10.6 Å².